The average molecular weight is 230 g/mol. The molecule has 2 rings (SSSR count). The van der Waals surface area contributed by atoms with Gasteiger partial charge in [0.2, 0.25) is 0 Å². The Morgan fingerprint density at radius 1 is 1.50 bits per heavy atom. The first-order valence-corrected chi connectivity index (χ1v) is 5.47. The molecule has 0 saturated carbocycles. The number of aryl methyl sites for hydroxylation is 1. The number of nitriles is 1. The van der Waals surface area contributed by atoms with Crippen molar-refractivity contribution in [1.29, 1.82) is 5.26 Å². The Bertz CT molecular complexity index is 553. The zero-order valence-corrected chi connectivity index (χ0v) is 9.53. The molecular formula is C11H10N4S. The van der Waals surface area contributed by atoms with Crippen LogP contribution in [0.2, 0.25) is 0 Å². The second-order valence-corrected chi connectivity index (χ2v) is 4.30. The highest BCUT2D eigenvalue weighted by Gasteiger charge is 2.06. The van der Waals surface area contributed by atoms with Crippen LogP contribution >= 0.6 is 11.8 Å². The summed E-state index contributed by atoms with van der Waals surface area (Å²) >= 11 is 1.48. The van der Waals surface area contributed by atoms with Gasteiger partial charge in [-0.1, -0.05) is 0 Å². The van der Waals surface area contributed by atoms with Crippen LogP contribution in [0.25, 0.3) is 0 Å². The van der Waals surface area contributed by atoms with Gasteiger partial charge in [-0.2, -0.15) is 5.26 Å². The van der Waals surface area contributed by atoms with E-state index in [0.717, 1.165) is 10.1 Å². The maximum Gasteiger partial charge on any atom is 0.172 e. The van der Waals surface area contributed by atoms with E-state index in [-0.39, 0.29) is 0 Å². The first-order valence-electron chi connectivity index (χ1n) is 4.65. The summed E-state index contributed by atoms with van der Waals surface area (Å²) in [4.78, 5) is 5.11. The Kier molecular flexibility index (Phi) is 2.84. The molecule has 1 aromatic carbocycles. The van der Waals surface area contributed by atoms with Gasteiger partial charge in [0, 0.05) is 30.0 Å². The summed E-state index contributed by atoms with van der Waals surface area (Å²) in [5.41, 5.74) is 7.03. The fourth-order valence-corrected chi connectivity index (χ4v) is 2.09. The normalized spacial score (nSPS) is 10.0. The quantitative estimate of drug-likeness (QED) is 0.801. The van der Waals surface area contributed by atoms with Crippen LogP contribution in [0.5, 0.6) is 0 Å². The van der Waals surface area contributed by atoms with Crippen LogP contribution in [-0.2, 0) is 7.05 Å². The second kappa shape index (κ2) is 4.29. The third-order valence-electron chi connectivity index (χ3n) is 2.12. The predicted octanol–water partition coefficient (Wildman–Crippen LogP) is 2.03. The highest BCUT2D eigenvalue weighted by Crippen LogP contribution is 2.30. The number of hydrogen-bond acceptors (Lipinski definition) is 4. The fourth-order valence-electron chi connectivity index (χ4n) is 1.26. The molecule has 0 aliphatic rings. The maximum atomic E-state index is 8.72. The van der Waals surface area contributed by atoms with Crippen molar-refractivity contribution in [1.82, 2.24) is 9.55 Å². The lowest BCUT2D eigenvalue weighted by molar-refractivity contribution is 0.790. The number of nitrogens with zero attached hydrogens (tertiary/aromatic N) is 3. The summed E-state index contributed by atoms with van der Waals surface area (Å²) in [5.74, 6) is 0. The number of aromatic nitrogens is 2. The van der Waals surface area contributed by atoms with E-state index < -0.39 is 0 Å². The molecular weight excluding hydrogens is 220 g/mol. The van der Waals surface area contributed by atoms with Gasteiger partial charge in [-0.25, -0.2) is 4.98 Å². The van der Waals surface area contributed by atoms with Crippen molar-refractivity contribution in [2.75, 3.05) is 5.73 Å². The molecule has 80 valence electrons. The molecule has 16 heavy (non-hydrogen) atoms. The van der Waals surface area contributed by atoms with E-state index in [0.29, 0.717) is 11.3 Å². The molecule has 1 aromatic heterocycles. The van der Waals surface area contributed by atoms with Gasteiger partial charge in [-0.05, 0) is 30.0 Å². The van der Waals surface area contributed by atoms with Crippen molar-refractivity contribution in [3.63, 3.8) is 0 Å². The van der Waals surface area contributed by atoms with Crippen LogP contribution in [0.4, 0.5) is 5.69 Å². The Labute approximate surface area is 97.7 Å². The smallest absolute Gasteiger partial charge is 0.172 e. The van der Waals surface area contributed by atoms with Crippen molar-refractivity contribution in [3.8, 4) is 6.07 Å². The molecule has 1 heterocycles. The minimum absolute atomic E-state index is 0.571. The number of benzene rings is 1. The van der Waals surface area contributed by atoms with Gasteiger partial charge in [0.15, 0.2) is 5.16 Å². The summed E-state index contributed by atoms with van der Waals surface area (Å²) in [5, 5.41) is 9.60. The average Bonchev–Trinajstić information content (AvgIpc) is 2.67. The van der Waals surface area contributed by atoms with Crippen LogP contribution in [0.15, 0.2) is 40.6 Å². The lowest BCUT2D eigenvalue weighted by Gasteiger charge is -2.05. The van der Waals surface area contributed by atoms with Crippen LogP contribution in [-0.4, -0.2) is 9.55 Å². The van der Waals surface area contributed by atoms with E-state index in [9.17, 15) is 0 Å². The molecule has 5 heteroatoms. The van der Waals surface area contributed by atoms with Gasteiger partial charge < -0.3 is 10.3 Å². The van der Waals surface area contributed by atoms with Crippen molar-refractivity contribution >= 4 is 17.4 Å². The molecule has 0 atom stereocenters. The number of rotatable bonds is 2. The van der Waals surface area contributed by atoms with Crippen molar-refractivity contribution in [3.05, 3.63) is 36.2 Å². The summed E-state index contributed by atoms with van der Waals surface area (Å²) < 4.78 is 1.92. The SMILES string of the molecule is Cn1ccnc1Sc1ccc(C#N)cc1N. The third-order valence-corrected chi connectivity index (χ3v) is 3.28. The minimum Gasteiger partial charge on any atom is -0.398 e. The number of nitrogens with two attached hydrogens (primary N) is 1. The summed E-state index contributed by atoms with van der Waals surface area (Å²) in [7, 11) is 1.93. The van der Waals surface area contributed by atoms with E-state index in [2.05, 4.69) is 11.1 Å². The number of anilines is 1. The first-order chi connectivity index (χ1) is 7.70. The lowest BCUT2D eigenvalue weighted by Crippen LogP contribution is -1.92. The zero-order chi connectivity index (χ0) is 11.5. The lowest BCUT2D eigenvalue weighted by atomic mass is 10.2. The van der Waals surface area contributed by atoms with Crippen LogP contribution in [0.3, 0.4) is 0 Å². The van der Waals surface area contributed by atoms with Crippen LogP contribution in [0.1, 0.15) is 5.56 Å². The Hall–Kier alpha value is -1.93. The van der Waals surface area contributed by atoms with Gasteiger partial charge >= 0.3 is 0 Å². The molecule has 0 radical (unpaired) electrons. The highest BCUT2D eigenvalue weighted by atomic mass is 32.2. The number of hydrogen-bond donors (Lipinski definition) is 1. The molecule has 0 fully saturated rings. The summed E-state index contributed by atoms with van der Waals surface area (Å²) in [6.07, 6.45) is 3.62. The number of nitrogen functional groups attached to an aromatic ring is 1. The molecule has 0 aliphatic heterocycles. The molecule has 0 spiro atoms. The van der Waals surface area contributed by atoms with Gasteiger partial charge in [-0.15, -0.1) is 0 Å². The standard InChI is InChI=1S/C11H10N4S/c1-15-5-4-14-11(15)16-10-3-2-8(7-12)6-9(10)13/h2-6H,13H2,1H3. The van der Waals surface area contributed by atoms with E-state index in [1.54, 1.807) is 18.3 Å². The molecule has 0 saturated heterocycles. The molecule has 2 N–H and O–H groups in total. The van der Waals surface area contributed by atoms with E-state index >= 15 is 0 Å². The molecule has 0 amide bonds. The highest BCUT2D eigenvalue weighted by molar-refractivity contribution is 7.99. The van der Waals surface area contributed by atoms with Gasteiger partial charge in [0.1, 0.15) is 0 Å². The number of imidazole rings is 1. The fraction of sp³-hybridized carbons (Fsp3) is 0.0909. The molecule has 4 nitrogen and oxygen atoms in total. The van der Waals surface area contributed by atoms with Gasteiger partial charge in [0.25, 0.3) is 0 Å². The molecule has 0 aliphatic carbocycles. The van der Waals surface area contributed by atoms with Gasteiger partial charge in [0.05, 0.1) is 11.6 Å². The largest absolute Gasteiger partial charge is 0.398 e. The third kappa shape index (κ3) is 2.02. The summed E-state index contributed by atoms with van der Waals surface area (Å²) in [6, 6.07) is 7.32. The van der Waals surface area contributed by atoms with E-state index in [4.69, 9.17) is 11.0 Å². The van der Waals surface area contributed by atoms with E-state index in [1.807, 2.05) is 23.9 Å². The van der Waals surface area contributed by atoms with Crippen molar-refractivity contribution in [2.24, 2.45) is 7.05 Å². The molecule has 0 unspecified atom stereocenters. The van der Waals surface area contributed by atoms with Crippen LogP contribution in [0, 0.1) is 11.3 Å². The van der Waals surface area contributed by atoms with E-state index in [1.165, 1.54) is 11.8 Å². The first kappa shape index (κ1) is 10.6. The maximum absolute atomic E-state index is 8.72. The second-order valence-electron chi connectivity index (χ2n) is 3.29. The Morgan fingerprint density at radius 2 is 2.31 bits per heavy atom. The van der Waals surface area contributed by atoms with Crippen molar-refractivity contribution in [2.45, 2.75) is 10.1 Å². The molecule has 0 bridgehead atoms. The Morgan fingerprint density at radius 3 is 2.88 bits per heavy atom. The molecule has 2 aromatic rings. The van der Waals surface area contributed by atoms with Crippen molar-refractivity contribution < 1.29 is 0 Å². The topological polar surface area (TPSA) is 67.6 Å². The predicted molar refractivity (Wildman–Crippen MR) is 62.9 cm³/mol. The monoisotopic (exact) mass is 230 g/mol. The minimum atomic E-state index is 0.571. The Balaban J connectivity index is 2.30. The zero-order valence-electron chi connectivity index (χ0n) is 8.71. The van der Waals surface area contributed by atoms with Gasteiger partial charge in [-0.3, -0.25) is 0 Å². The van der Waals surface area contributed by atoms with Crippen LogP contribution < -0.4 is 5.73 Å². The summed E-state index contributed by atoms with van der Waals surface area (Å²) in [6.45, 7) is 0.